The second kappa shape index (κ2) is 12.0. The number of carboxylic acids is 1. The molecule has 3 heteroatoms. The second-order valence-corrected chi connectivity index (χ2v) is 2.90. The van der Waals surface area contributed by atoms with Gasteiger partial charge in [-0.25, -0.2) is 4.79 Å². The van der Waals surface area contributed by atoms with Gasteiger partial charge in [-0.05, 0) is 11.6 Å². The summed E-state index contributed by atoms with van der Waals surface area (Å²) in [4.78, 5) is 10.6. The summed E-state index contributed by atoms with van der Waals surface area (Å²) in [5.41, 5.74) is 2.04. The zero-order valence-electron chi connectivity index (χ0n) is 12.4. The molecule has 1 heterocycles. The van der Waals surface area contributed by atoms with E-state index >= 15 is 0 Å². The topological polar surface area (TPSA) is 49.3 Å². The predicted octanol–water partition coefficient (Wildman–Crippen LogP) is 4.19. The van der Waals surface area contributed by atoms with E-state index in [4.69, 9.17) is 5.11 Å². The first kappa shape index (κ1) is 18.8. The first-order valence-electron chi connectivity index (χ1n) is 6.84. The Morgan fingerprint density at radius 2 is 1.61 bits per heavy atom. The van der Waals surface area contributed by atoms with Crippen LogP contribution in [-0.2, 0) is 11.2 Å². The summed E-state index contributed by atoms with van der Waals surface area (Å²) in [5, 5.41) is 11.7. The van der Waals surface area contributed by atoms with E-state index in [1.165, 1.54) is 0 Å². The Hall–Kier alpha value is -1.51. The Morgan fingerprint density at radius 1 is 1.11 bits per heavy atom. The summed E-state index contributed by atoms with van der Waals surface area (Å²) in [6.07, 6.45) is 0.589. The lowest BCUT2D eigenvalue weighted by Crippen LogP contribution is -2.26. The molecule has 1 aromatic rings. The van der Waals surface area contributed by atoms with E-state index < -0.39 is 12.0 Å². The normalized spacial score (nSPS) is 14.2. The molecule has 0 aromatic heterocycles. The van der Waals surface area contributed by atoms with Crippen LogP contribution in [0, 0.1) is 0 Å². The molecule has 3 nitrogen and oxygen atoms in total. The van der Waals surface area contributed by atoms with Crippen molar-refractivity contribution in [1.82, 2.24) is 0 Å². The number of carboxylic acid groups (broad SMARTS) is 1. The van der Waals surface area contributed by atoms with Crippen LogP contribution >= 0.6 is 0 Å². The summed E-state index contributed by atoms with van der Waals surface area (Å²) in [5.74, 6) is -0.786. The fourth-order valence-electron chi connectivity index (χ4n) is 1.45. The van der Waals surface area contributed by atoms with E-state index in [9.17, 15) is 4.79 Å². The predicted molar refractivity (Wildman–Crippen MR) is 79.2 cm³/mol. The van der Waals surface area contributed by atoms with Gasteiger partial charge in [-0.15, -0.1) is 0 Å². The summed E-state index contributed by atoms with van der Waals surface area (Å²) in [6, 6.07) is 7.23. The van der Waals surface area contributed by atoms with E-state index in [2.05, 4.69) is 5.32 Å². The Labute approximate surface area is 111 Å². The van der Waals surface area contributed by atoms with Crippen molar-refractivity contribution in [3.63, 3.8) is 0 Å². The van der Waals surface area contributed by atoms with Gasteiger partial charge in [0.15, 0.2) is 0 Å². The van der Waals surface area contributed by atoms with Crippen molar-refractivity contribution >= 4 is 11.7 Å². The Bertz CT molecular complexity index is 299. The van der Waals surface area contributed by atoms with Gasteiger partial charge in [-0.2, -0.15) is 0 Å². The van der Waals surface area contributed by atoms with Gasteiger partial charge in [-0.3, -0.25) is 0 Å². The molecule has 2 N–H and O–H groups in total. The molecule has 1 unspecified atom stereocenters. The maximum atomic E-state index is 10.6. The lowest BCUT2D eigenvalue weighted by molar-refractivity contribution is -0.137. The number of hydrogen-bond acceptors (Lipinski definition) is 2. The van der Waals surface area contributed by atoms with Crippen LogP contribution in [0.25, 0.3) is 0 Å². The number of para-hydroxylation sites is 1. The Kier molecular flexibility index (Phi) is 12.5. The molecule has 104 valence electrons. The second-order valence-electron chi connectivity index (χ2n) is 2.90. The third kappa shape index (κ3) is 5.71. The molecule has 0 aliphatic carbocycles. The molecular weight excluding hydrogens is 226 g/mol. The Morgan fingerprint density at radius 3 is 2.06 bits per heavy atom. The van der Waals surface area contributed by atoms with E-state index in [1.54, 1.807) is 0 Å². The summed E-state index contributed by atoms with van der Waals surface area (Å²) in [7, 11) is 0. The summed E-state index contributed by atoms with van der Waals surface area (Å²) >= 11 is 0. The number of rotatable bonds is 1. The minimum Gasteiger partial charge on any atom is -0.480 e. The van der Waals surface area contributed by atoms with Crippen molar-refractivity contribution in [2.45, 2.75) is 54.0 Å². The van der Waals surface area contributed by atoms with E-state index in [-0.39, 0.29) is 0 Å². The minimum atomic E-state index is -0.786. The van der Waals surface area contributed by atoms with Crippen LogP contribution in [0.4, 0.5) is 5.69 Å². The van der Waals surface area contributed by atoms with E-state index in [0.29, 0.717) is 6.42 Å². The molecule has 0 spiro atoms. The Balaban J connectivity index is 0. The molecular formula is C15H27NO2. The monoisotopic (exact) mass is 253 g/mol. The zero-order valence-corrected chi connectivity index (χ0v) is 12.4. The lowest BCUT2D eigenvalue weighted by atomic mass is 10.1. The molecule has 18 heavy (non-hydrogen) atoms. The number of hydrogen-bond donors (Lipinski definition) is 2. The van der Waals surface area contributed by atoms with Crippen LogP contribution in [0.2, 0.25) is 0 Å². The summed E-state index contributed by atoms with van der Waals surface area (Å²) < 4.78 is 0. The zero-order chi connectivity index (χ0) is 14.6. The number of benzene rings is 1. The minimum absolute atomic E-state index is 0.442. The van der Waals surface area contributed by atoms with Crippen molar-refractivity contribution in [2.75, 3.05) is 5.32 Å². The molecule has 0 radical (unpaired) electrons. The maximum absolute atomic E-state index is 10.6. The fourth-order valence-corrected chi connectivity index (χ4v) is 1.45. The van der Waals surface area contributed by atoms with Gasteiger partial charge in [0, 0.05) is 12.1 Å². The first-order valence-corrected chi connectivity index (χ1v) is 6.84. The molecule has 1 atom stereocenters. The van der Waals surface area contributed by atoms with Gasteiger partial charge < -0.3 is 10.4 Å². The van der Waals surface area contributed by atoms with Crippen LogP contribution in [0.5, 0.6) is 0 Å². The molecule has 1 aliphatic heterocycles. The molecule has 2 rings (SSSR count). The highest BCUT2D eigenvalue weighted by atomic mass is 16.4. The first-order chi connectivity index (χ1) is 8.77. The van der Waals surface area contributed by atoms with Gasteiger partial charge in [0.25, 0.3) is 0 Å². The standard InChI is InChI=1S/C9H9NO2.3C2H6/c11-9(12)8-5-6-3-1-2-4-7(6)10-8;3*1-2/h1-4,8,10H,5H2,(H,11,12);3*1-2H3. The molecule has 0 saturated carbocycles. The van der Waals surface area contributed by atoms with Crippen LogP contribution in [0.3, 0.4) is 0 Å². The van der Waals surface area contributed by atoms with Crippen molar-refractivity contribution < 1.29 is 9.90 Å². The van der Waals surface area contributed by atoms with Gasteiger partial charge in [0.2, 0.25) is 0 Å². The third-order valence-corrected chi connectivity index (χ3v) is 2.07. The highest BCUT2D eigenvalue weighted by molar-refractivity contribution is 5.81. The van der Waals surface area contributed by atoms with Crippen LogP contribution in [-0.4, -0.2) is 17.1 Å². The summed E-state index contributed by atoms with van der Waals surface area (Å²) in [6.45, 7) is 12.0. The van der Waals surface area contributed by atoms with Crippen molar-refractivity contribution in [3.8, 4) is 0 Å². The molecule has 0 amide bonds. The van der Waals surface area contributed by atoms with Gasteiger partial charge in [-0.1, -0.05) is 59.7 Å². The highest BCUT2D eigenvalue weighted by Gasteiger charge is 2.25. The van der Waals surface area contributed by atoms with Crippen LogP contribution in [0.1, 0.15) is 47.1 Å². The van der Waals surface area contributed by atoms with Gasteiger partial charge >= 0.3 is 5.97 Å². The number of anilines is 1. The third-order valence-electron chi connectivity index (χ3n) is 2.07. The maximum Gasteiger partial charge on any atom is 0.326 e. The average Bonchev–Trinajstić information content (AvgIpc) is 2.90. The number of aliphatic carboxylic acids is 1. The van der Waals surface area contributed by atoms with E-state index in [1.807, 2.05) is 65.8 Å². The molecule has 0 fully saturated rings. The van der Waals surface area contributed by atoms with Crippen molar-refractivity contribution in [3.05, 3.63) is 29.8 Å². The van der Waals surface area contributed by atoms with E-state index in [0.717, 1.165) is 11.3 Å². The quantitative estimate of drug-likeness (QED) is 0.789. The number of nitrogens with one attached hydrogen (secondary N) is 1. The molecule has 1 aliphatic rings. The smallest absolute Gasteiger partial charge is 0.326 e. The van der Waals surface area contributed by atoms with Crippen LogP contribution in [0.15, 0.2) is 24.3 Å². The largest absolute Gasteiger partial charge is 0.480 e. The number of carbonyl (C=O) groups is 1. The lowest BCUT2D eigenvalue weighted by Gasteiger charge is -2.02. The van der Waals surface area contributed by atoms with Gasteiger partial charge in [0.1, 0.15) is 6.04 Å². The van der Waals surface area contributed by atoms with Crippen molar-refractivity contribution in [1.29, 1.82) is 0 Å². The molecule has 0 saturated heterocycles. The van der Waals surface area contributed by atoms with Crippen LogP contribution < -0.4 is 5.32 Å². The fraction of sp³-hybridized carbons (Fsp3) is 0.533. The SMILES string of the molecule is CC.CC.CC.O=C(O)C1Cc2ccccc2N1. The molecule has 0 bridgehead atoms. The average molecular weight is 253 g/mol. The number of fused-ring (bicyclic) bond motifs is 1. The molecule has 1 aromatic carbocycles. The van der Waals surface area contributed by atoms with Gasteiger partial charge in [0.05, 0.1) is 0 Å². The van der Waals surface area contributed by atoms with Crippen molar-refractivity contribution in [2.24, 2.45) is 0 Å². The highest BCUT2D eigenvalue weighted by Crippen LogP contribution is 2.24.